The fraction of sp³-hybridized carbons (Fsp3) is 0.542. The van der Waals surface area contributed by atoms with Crippen LogP contribution in [0.3, 0.4) is 0 Å². The van der Waals surface area contributed by atoms with Gasteiger partial charge >= 0.3 is 0 Å². The van der Waals surface area contributed by atoms with E-state index >= 15 is 0 Å². The second-order valence-corrected chi connectivity index (χ2v) is 9.89. The zero-order valence-corrected chi connectivity index (χ0v) is 19.1. The third-order valence-corrected chi connectivity index (χ3v) is 8.17. The Morgan fingerprint density at radius 3 is 2.52 bits per heavy atom. The predicted molar refractivity (Wildman–Crippen MR) is 125 cm³/mol. The average molecular weight is 451 g/mol. The third-order valence-electron chi connectivity index (χ3n) is 8.17. The largest absolute Gasteiger partial charge is 0.497 e. The number of ether oxygens (including phenoxy) is 2. The fourth-order valence-electron chi connectivity index (χ4n) is 5.76. The van der Waals surface area contributed by atoms with Crippen LogP contribution in [-0.2, 0) is 10.2 Å². The number of methoxy groups -OCH3 is 1. The lowest BCUT2D eigenvalue weighted by atomic mass is 9.73. The highest BCUT2D eigenvalue weighted by atomic mass is 16.5. The predicted octanol–water partition coefficient (Wildman–Crippen LogP) is 2.07. The smallest absolute Gasteiger partial charge is 0.263 e. The molecular weight excluding hydrogens is 420 g/mol. The van der Waals surface area contributed by atoms with Gasteiger partial charge in [-0.3, -0.25) is 14.9 Å². The first-order chi connectivity index (χ1) is 16.0. The number of aromatic amines is 2. The Bertz CT molecular complexity index is 1240. The Morgan fingerprint density at radius 1 is 1.18 bits per heavy atom. The van der Waals surface area contributed by atoms with Gasteiger partial charge in [0.25, 0.3) is 5.56 Å². The number of piperidine rings is 1. The maximum absolute atomic E-state index is 13.2. The molecular formula is C24H30N6O3. The molecule has 0 unspecified atom stereocenters. The first-order valence-electron chi connectivity index (χ1n) is 11.7. The van der Waals surface area contributed by atoms with E-state index < -0.39 is 0 Å². The molecule has 2 aromatic heterocycles. The molecule has 2 aliphatic heterocycles. The SMILES string of the molecule is COc1ccc(C2(c3n[nH]c4nc(N5CCC6(CC5)CO[C@@H](C)[C@H]6N)[nH]c(=O)c34)CC2)cc1. The van der Waals surface area contributed by atoms with Crippen molar-refractivity contribution in [3.8, 4) is 5.75 Å². The molecule has 2 atom stereocenters. The van der Waals surface area contributed by atoms with Gasteiger partial charge in [0.15, 0.2) is 5.65 Å². The number of fused-ring (bicyclic) bond motifs is 1. The average Bonchev–Trinajstić information content (AvgIpc) is 3.46. The molecule has 1 saturated carbocycles. The van der Waals surface area contributed by atoms with Crippen LogP contribution >= 0.6 is 0 Å². The quantitative estimate of drug-likeness (QED) is 0.556. The summed E-state index contributed by atoms with van der Waals surface area (Å²) in [4.78, 5) is 23.2. The molecule has 1 aromatic carbocycles. The molecule has 174 valence electrons. The van der Waals surface area contributed by atoms with E-state index in [1.54, 1.807) is 7.11 Å². The van der Waals surface area contributed by atoms with Crippen LogP contribution in [0.5, 0.6) is 5.75 Å². The number of hydrogen-bond donors (Lipinski definition) is 3. The zero-order valence-electron chi connectivity index (χ0n) is 19.1. The normalized spacial score (nSPS) is 25.6. The van der Waals surface area contributed by atoms with E-state index in [1.807, 2.05) is 19.1 Å². The second-order valence-electron chi connectivity index (χ2n) is 9.89. The van der Waals surface area contributed by atoms with Gasteiger partial charge in [-0.05, 0) is 50.3 Å². The highest BCUT2D eigenvalue weighted by Gasteiger charge is 2.50. The van der Waals surface area contributed by atoms with Crippen LogP contribution in [0.1, 0.15) is 43.9 Å². The molecule has 1 spiro atoms. The highest BCUT2D eigenvalue weighted by Crippen LogP contribution is 2.54. The van der Waals surface area contributed by atoms with Crippen LogP contribution in [0, 0.1) is 5.41 Å². The minimum absolute atomic E-state index is 0.0260. The Morgan fingerprint density at radius 2 is 1.91 bits per heavy atom. The van der Waals surface area contributed by atoms with Gasteiger partial charge in [-0.1, -0.05) is 12.1 Å². The maximum Gasteiger partial charge on any atom is 0.263 e. The number of benzene rings is 1. The van der Waals surface area contributed by atoms with Crippen LogP contribution in [0.25, 0.3) is 11.0 Å². The molecule has 2 saturated heterocycles. The summed E-state index contributed by atoms with van der Waals surface area (Å²) >= 11 is 0. The second kappa shape index (κ2) is 7.30. The number of nitrogens with two attached hydrogens (primary N) is 1. The van der Waals surface area contributed by atoms with E-state index in [2.05, 4.69) is 32.2 Å². The summed E-state index contributed by atoms with van der Waals surface area (Å²) in [5.74, 6) is 1.40. The van der Waals surface area contributed by atoms with Crippen LogP contribution in [0.15, 0.2) is 29.1 Å². The van der Waals surface area contributed by atoms with Crippen LogP contribution in [0.4, 0.5) is 5.95 Å². The van der Waals surface area contributed by atoms with E-state index in [-0.39, 0.29) is 28.5 Å². The Labute approximate surface area is 191 Å². The molecule has 3 aliphatic rings. The summed E-state index contributed by atoms with van der Waals surface area (Å²) in [6.07, 6.45) is 3.85. The lowest BCUT2D eigenvalue weighted by molar-refractivity contribution is 0.0973. The van der Waals surface area contributed by atoms with E-state index in [4.69, 9.17) is 20.2 Å². The molecule has 1 aliphatic carbocycles. The van der Waals surface area contributed by atoms with Gasteiger partial charge in [0, 0.05) is 30.0 Å². The van der Waals surface area contributed by atoms with Crippen LogP contribution in [-0.4, -0.2) is 59.1 Å². The van der Waals surface area contributed by atoms with Gasteiger partial charge in [0.2, 0.25) is 5.95 Å². The van der Waals surface area contributed by atoms with Crippen molar-refractivity contribution in [2.45, 2.75) is 50.2 Å². The number of H-pyrrole nitrogens is 2. The van der Waals surface area contributed by atoms with Crippen molar-refractivity contribution >= 4 is 17.0 Å². The Balaban J connectivity index is 1.29. The molecule has 9 heteroatoms. The summed E-state index contributed by atoms with van der Waals surface area (Å²) in [6.45, 7) is 4.33. The first-order valence-corrected chi connectivity index (χ1v) is 11.7. The standard InChI is InChI=1S/C24H30N6O3/c1-14-18(25)23(13-33-14)9-11-30(12-10-23)22-26-20-17(21(31)27-22)19(28-29-20)24(7-8-24)15-3-5-16(32-2)6-4-15/h3-6,14,18H,7-13,25H2,1-2H3,(H2,26,27,28,29,31)/t14-,18+/m0/s1. The molecule has 4 N–H and O–H groups in total. The molecule has 0 radical (unpaired) electrons. The molecule has 0 bridgehead atoms. The zero-order chi connectivity index (χ0) is 22.8. The van der Waals surface area contributed by atoms with Crippen molar-refractivity contribution in [2.75, 3.05) is 31.7 Å². The van der Waals surface area contributed by atoms with Crippen molar-refractivity contribution in [1.82, 2.24) is 20.2 Å². The number of nitrogens with zero attached hydrogens (tertiary/aromatic N) is 3. The molecule has 33 heavy (non-hydrogen) atoms. The van der Waals surface area contributed by atoms with Crippen LogP contribution in [0.2, 0.25) is 0 Å². The van der Waals surface area contributed by atoms with Gasteiger partial charge < -0.3 is 20.1 Å². The van der Waals surface area contributed by atoms with Crippen molar-refractivity contribution in [3.05, 3.63) is 45.9 Å². The Hall–Kier alpha value is -2.91. The summed E-state index contributed by atoms with van der Waals surface area (Å²) in [6, 6.07) is 8.08. The summed E-state index contributed by atoms with van der Waals surface area (Å²) in [5.41, 5.74) is 8.55. The summed E-state index contributed by atoms with van der Waals surface area (Å²) in [5, 5.41) is 8.17. The number of nitrogens with one attached hydrogen (secondary N) is 2. The van der Waals surface area contributed by atoms with Crippen molar-refractivity contribution in [2.24, 2.45) is 11.1 Å². The van der Waals surface area contributed by atoms with Crippen LogP contribution < -0.4 is 20.9 Å². The monoisotopic (exact) mass is 450 g/mol. The molecule has 0 amide bonds. The number of rotatable bonds is 4. The van der Waals surface area contributed by atoms with Crippen molar-refractivity contribution in [1.29, 1.82) is 0 Å². The number of anilines is 1. The first kappa shape index (κ1) is 20.7. The summed E-state index contributed by atoms with van der Waals surface area (Å²) in [7, 11) is 1.66. The topological polar surface area (TPSA) is 122 Å². The minimum Gasteiger partial charge on any atom is -0.497 e. The minimum atomic E-state index is -0.243. The van der Waals surface area contributed by atoms with Crippen molar-refractivity contribution in [3.63, 3.8) is 0 Å². The lowest BCUT2D eigenvalue weighted by Gasteiger charge is -2.41. The van der Waals surface area contributed by atoms with E-state index in [0.29, 0.717) is 23.6 Å². The van der Waals surface area contributed by atoms with E-state index in [1.165, 1.54) is 0 Å². The highest BCUT2D eigenvalue weighted by molar-refractivity contribution is 5.80. The number of aromatic nitrogens is 4. The third kappa shape index (κ3) is 3.09. The molecule has 9 nitrogen and oxygen atoms in total. The summed E-state index contributed by atoms with van der Waals surface area (Å²) < 4.78 is 11.1. The molecule has 4 heterocycles. The van der Waals surface area contributed by atoms with Gasteiger partial charge in [0.05, 0.1) is 25.5 Å². The van der Waals surface area contributed by atoms with Crippen molar-refractivity contribution < 1.29 is 9.47 Å². The van der Waals surface area contributed by atoms with Gasteiger partial charge in [-0.15, -0.1) is 0 Å². The van der Waals surface area contributed by atoms with E-state index in [0.717, 1.165) is 55.8 Å². The van der Waals surface area contributed by atoms with Gasteiger partial charge in [0.1, 0.15) is 11.1 Å². The lowest BCUT2D eigenvalue weighted by Crippen LogP contribution is -2.51. The fourth-order valence-corrected chi connectivity index (χ4v) is 5.76. The Kier molecular flexibility index (Phi) is 4.57. The van der Waals surface area contributed by atoms with Gasteiger partial charge in [-0.2, -0.15) is 10.1 Å². The molecule has 3 aromatic rings. The van der Waals surface area contributed by atoms with Gasteiger partial charge in [-0.25, -0.2) is 0 Å². The molecule has 3 fully saturated rings. The molecule has 6 rings (SSSR count). The van der Waals surface area contributed by atoms with E-state index in [9.17, 15) is 4.79 Å². The maximum atomic E-state index is 13.2. The number of hydrogen-bond acceptors (Lipinski definition) is 7.